The molecule has 27 heavy (non-hydrogen) atoms. The van der Waals surface area contributed by atoms with Crippen molar-refractivity contribution in [1.29, 1.82) is 0 Å². The summed E-state index contributed by atoms with van der Waals surface area (Å²) < 4.78 is 0. The molecule has 3 heterocycles. The van der Waals surface area contributed by atoms with E-state index in [-0.39, 0.29) is 11.9 Å². The van der Waals surface area contributed by atoms with Crippen LogP contribution in [0.1, 0.15) is 42.3 Å². The number of hydrogen-bond acceptors (Lipinski definition) is 6. The molecular weight excluding hydrogens is 340 g/mol. The predicted octanol–water partition coefficient (Wildman–Crippen LogP) is 2.85. The van der Waals surface area contributed by atoms with Crippen LogP contribution in [0.25, 0.3) is 0 Å². The fourth-order valence-corrected chi connectivity index (χ4v) is 3.45. The Labute approximate surface area is 160 Å². The zero-order valence-corrected chi connectivity index (χ0v) is 16.6. The average Bonchev–Trinajstić information content (AvgIpc) is 2.62. The van der Waals surface area contributed by atoms with Crippen molar-refractivity contribution in [2.75, 3.05) is 32.5 Å². The van der Waals surface area contributed by atoms with Gasteiger partial charge in [0.15, 0.2) is 0 Å². The maximum Gasteiger partial charge on any atom is 0.236 e. The molecule has 2 aromatic heterocycles. The lowest BCUT2D eigenvalue weighted by Crippen LogP contribution is -2.41. The van der Waals surface area contributed by atoms with Crippen LogP contribution in [-0.4, -0.2) is 57.8 Å². The van der Waals surface area contributed by atoms with Gasteiger partial charge >= 0.3 is 0 Å². The highest BCUT2D eigenvalue weighted by atomic mass is 16.2. The molecule has 7 nitrogen and oxygen atoms in total. The summed E-state index contributed by atoms with van der Waals surface area (Å²) in [6.45, 7) is 5.29. The zero-order chi connectivity index (χ0) is 19.4. The second kappa shape index (κ2) is 8.43. The first-order chi connectivity index (χ1) is 12.9. The monoisotopic (exact) mass is 368 g/mol. The Balaban J connectivity index is 1.72. The van der Waals surface area contributed by atoms with Crippen LogP contribution in [0, 0.1) is 13.8 Å². The first-order valence-electron chi connectivity index (χ1n) is 9.42. The third-order valence-electron chi connectivity index (χ3n) is 4.84. The van der Waals surface area contributed by atoms with Crippen molar-refractivity contribution in [2.45, 2.75) is 39.2 Å². The molecule has 0 spiro atoms. The third kappa shape index (κ3) is 5.01. The number of likely N-dealkylation sites (tertiary alicyclic amines) is 1. The molecule has 1 aliphatic heterocycles. The van der Waals surface area contributed by atoms with Crippen molar-refractivity contribution in [3.63, 3.8) is 0 Å². The van der Waals surface area contributed by atoms with Gasteiger partial charge < -0.3 is 10.2 Å². The smallest absolute Gasteiger partial charge is 0.236 e. The summed E-state index contributed by atoms with van der Waals surface area (Å²) in [5.74, 6) is 1.42. The quantitative estimate of drug-likeness (QED) is 0.875. The highest BCUT2D eigenvalue weighted by Gasteiger charge is 2.26. The van der Waals surface area contributed by atoms with Gasteiger partial charge in [-0.1, -0.05) is 12.5 Å². The summed E-state index contributed by atoms with van der Waals surface area (Å²) in [4.78, 5) is 29.4. The minimum absolute atomic E-state index is 0.139. The van der Waals surface area contributed by atoms with Crippen molar-refractivity contribution >= 4 is 17.7 Å². The number of anilines is 2. The van der Waals surface area contributed by atoms with Gasteiger partial charge in [-0.15, -0.1) is 0 Å². The summed E-state index contributed by atoms with van der Waals surface area (Å²) >= 11 is 0. The van der Waals surface area contributed by atoms with Gasteiger partial charge in [0.05, 0.1) is 6.54 Å². The van der Waals surface area contributed by atoms with Crippen LogP contribution in [-0.2, 0) is 4.79 Å². The predicted molar refractivity (Wildman–Crippen MR) is 106 cm³/mol. The van der Waals surface area contributed by atoms with E-state index in [0.717, 1.165) is 42.2 Å². The van der Waals surface area contributed by atoms with Gasteiger partial charge in [-0.3, -0.25) is 9.69 Å². The zero-order valence-electron chi connectivity index (χ0n) is 16.6. The standard InChI is InChI=1S/C20H28N6O/c1-14-11-15(2)23-20(22-14)24-18-9-8-16(12-21-18)17-7-5-6-10-26(17)13-19(27)25(3)4/h8-9,11-12,17H,5-7,10,13H2,1-4H3,(H,21,22,23,24)/t17-/m0/s1. The van der Waals surface area contributed by atoms with Gasteiger partial charge in [-0.25, -0.2) is 15.0 Å². The van der Waals surface area contributed by atoms with E-state index in [1.54, 1.807) is 19.0 Å². The molecule has 1 N–H and O–H groups in total. The van der Waals surface area contributed by atoms with E-state index >= 15 is 0 Å². The maximum atomic E-state index is 12.1. The molecule has 0 aliphatic carbocycles. The van der Waals surface area contributed by atoms with Gasteiger partial charge in [-0.05, 0) is 50.9 Å². The number of amides is 1. The normalized spacial score (nSPS) is 17.6. The Kier molecular flexibility index (Phi) is 6.01. The van der Waals surface area contributed by atoms with Crippen LogP contribution >= 0.6 is 0 Å². The van der Waals surface area contributed by atoms with Crippen molar-refractivity contribution < 1.29 is 4.79 Å². The minimum Gasteiger partial charge on any atom is -0.348 e. The molecule has 144 valence electrons. The largest absolute Gasteiger partial charge is 0.348 e. The van der Waals surface area contributed by atoms with Crippen LogP contribution in [0.4, 0.5) is 11.8 Å². The number of aromatic nitrogens is 3. The van der Waals surface area contributed by atoms with Gasteiger partial charge in [0, 0.05) is 37.7 Å². The molecule has 0 saturated carbocycles. The van der Waals surface area contributed by atoms with Gasteiger partial charge in [0.25, 0.3) is 0 Å². The number of rotatable bonds is 5. The molecule has 2 aromatic rings. The first kappa shape index (κ1) is 19.2. The topological polar surface area (TPSA) is 74.2 Å². The second-order valence-electron chi connectivity index (χ2n) is 7.35. The van der Waals surface area contributed by atoms with Crippen molar-refractivity contribution in [3.8, 4) is 0 Å². The van der Waals surface area contributed by atoms with Crippen LogP contribution in [0.5, 0.6) is 0 Å². The summed E-state index contributed by atoms with van der Waals surface area (Å²) in [6, 6.07) is 6.22. The second-order valence-corrected chi connectivity index (χ2v) is 7.35. The van der Waals surface area contributed by atoms with E-state index in [2.05, 4.69) is 31.2 Å². The summed E-state index contributed by atoms with van der Waals surface area (Å²) in [6.07, 6.45) is 5.26. The Morgan fingerprint density at radius 3 is 2.59 bits per heavy atom. The number of aryl methyl sites for hydroxylation is 2. The van der Waals surface area contributed by atoms with Crippen molar-refractivity contribution in [2.24, 2.45) is 0 Å². The first-order valence-corrected chi connectivity index (χ1v) is 9.42. The number of nitrogens with one attached hydrogen (secondary N) is 1. The molecule has 1 atom stereocenters. The maximum absolute atomic E-state index is 12.1. The van der Waals surface area contributed by atoms with Gasteiger partial charge in [0.1, 0.15) is 5.82 Å². The molecule has 1 amide bonds. The van der Waals surface area contributed by atoms with Crippen LogP contribution in [0.15, 0.2) is 24.4 Å². The molecule has 1 saturated heterocycles. The molecule has 0 unspecified atom stereocenters. The molecule has 0 aromatic carbocycles. The molecule has 0 radical (unpaired) electrons. The van der Waals surface area contributed by atoms with Crippen LogP contribution < -0.4 is 5.32 Å². The van der Waals surface area contributed by atoms with Crippen LogP contribution in [0.2, 0.25) is 0 Å². The molecule has 1 fully saturated rings. The number of carbonyl (C=O) groups is 1. The average molecular weight is 368 g/mol. The number of carbonyl (C=O) groups excluding carboxylic acids is 1. The minimum atomic E-state index is 0.139. The van der Waals surface area contributed by atoms with E-state index in [1.807, 2.05) is 32.2 Å². The van der Waals surface area contributed by atoms with Gasteiger partial charge in [-0.2, -0.15) is 0 Å². The van der Waals surface area contributed by atoms with E-state index in [9.17, 15) is 4.79 Å². The Bertz CT molecular complexity index is 769. The van der Waals surface area contributed by atoms with Crippen LogP contribution in [0.3, 0.4) is 0 Å². The number of piperidine rings is 1. The van der Waals surface area contributed by atoms with Crippen molar-refractivity contribution in [3.05, 3.63) is 41.3 Å². The fourth-order valence-electron chi connectivity index (χ4n) is 3.45. The van der Waals surface area contributed by atoms with E-state index in [1.165, 1.54) is 6.42 Å². The highest BCUT2D eigenvalue weighted by Crippen LogP contribution is 2.30. The third-order valence-corrected chi connectivity index (χ3v) is 4.84. The molecule has 0 bridgehead atoms. The van der Waals surface area contributed by atoms with Gasteiger partial charge in [0.2, 0.25) is 11.9 Å². The summed E-state index contributed by atoms with van der Waals surface area (Å²) in [5.41, 5.74) is 2.99. The summed E-state index contributed by atoms with van der Waals surface area (Å²) in [7, 11) is 3.61. The van der Waals surface area contributed by atoms with Crippen molar-refractivity contribution in [1.82, 2.24) is 24.8 Å². The Morgan fingerprint density at radius 1 is 1.22 bits per heavy atom. The Hall–Kier alpha value is -2.54. The number of hydrogen-bond donors (Lipinski definition) is 1. The summed E-state index contributed by atoms with van der Waals surface area (Å²) in [5, 5.41) is 3.17. The molecule has 7 heteroatoms. The van der Waals surface area contributed by atoms with E-state index in [0.29, 0.717) is 12.5 Å². The molecular formula is C20H28N6O. The number of pyridine rings is 1. The highest BCUT2D eigenvalue weighted by molar-refractivity contribution is 5.77. The van der Waals surface area contributed by atoms with E-state index in [4.69, 9.17) is 0 Å². The lowest BCUT2D eigenvalue weighted by Gasteiger charge is -2.35. The SMILES string of the molecule is Cc1cc(C)nc(Nc2ccc([C@@H]3CCCCN3CC(=O)N(C)C)cn2)n1. The molecule has 1 aliphatic rings. The fraction of sp³-hybridized carbons (Fsp3) is 0.500. The molecule has 3 rings (SSSR count). The van der Waals surface area contributed by atoms with E-state index < -0.39 is 0 Å². The lowest BCUT2D eigenvalue weighted by molar-refractivity contribution is -0.130. The Morgan fingerprint density at radius 2 is 1.96 bits per heavy atom. The lowest BCUT2D eigenvalue weighted by atomic mass is 9.96. The number of likely N-dealkylation sites (N-methyl/N-ethyl adjacent to an activating group) is 1. The number of nitrogens with zero attached hydrogens (tertiary/aromatic N) is 5.